The normalized spacial score (nSPS) is 14.1. The van der Waals surface area contributed by atoms with Gasteiger partial charge in [0.15, 0.2) is 0 Å². The first-order chi connectivity index (χ1) is 9.59. The van der Waals surface area contributed by atoms with Gasteiger partial charge in [0.25, 0.3) is 0 Å². The van der Waals surface area contributed by atoms with Crippen LogP contribution in [0.5, 0.6) is 0 Å². The van der Waals surface area contributed by atoms with Crippen molar-refractivity contribution in [3.05, 3.63) is 65.7 Å². The van der Waals surface area contributed by atoms with E-state index in [-0.39, 0.29) is 0 Å². The van der Waals surface area contributed by atoms with Gasteiger partial charge in [-0.2, -0.15) is 0 Å². The predicted molar refractivity (Wildman–Crippen MR) is 87.0 cm³/mol. The molecule has 0 radical (unpaired) electrons. The van der Waals surface area contributed by atoms with Crippen molar-refractivity contribution in [2.45, 2.75) is 25.9 Å². The van der Waals surface area contributed by atoms with E-state index in [4.69, 9.17) is 0 Å². The van der Waals surface area contributed by atoms with Gasteiger partial charge in [0.05, 0.1) is 0 Å². The molecule has 1 N–H and O–H groups in total. The molecule has 0 aliphatic heterocycles. The number of para-hydroxylation sites is 1. The van der Waals surface area contributed by atoms with Gasteiger partial charge in [-0.3, -0.25) is 0 Å². The Labute approximate surface area is 122 Å². The molecule has 2 aromatic carbocycles. The SMILES string of the molecule is C[C@H](c1ccccc1N[C@H](C)c1ccccc1)N(C)C. The Morgan fingerprint density at radius 3 is 2.10 bits per heavy atom. The zero-order valence-electron chi connectivity index (χ0n) is 12.8. The summed E-state index contributed by atoms with van der Waals surface area (Å²) in [6, 6.07) is 19.8. The van der Waals surface area contributed by atoms with Gasteiger partial charge in [0, 0.05) is 17.8 Å². The van der Waals surface area contributed by atoms with Gasteiger partial charge in [0.2, 0.25) is 0 Å². The highest BCUT2D eigenvalue weighted by molar-refractivity contribution is 5.53. The first-order valence-corrected chi connectivity index (χ1v) is 7.16. The monoisotopic (exact) mass is 268 g/mol. The van der Waals surface area contributed by atoms with Crippen LogP contribution in [0.15, 0.2) is 54.6 Å². The lowest BCUT2D eigenvalue weighted by Gasteiger charge is -2.25. The number of hydrogen-bond acceptors (Lipinski definition) is 2. The summed E-state index contributed by atoms with van der Waals surface area (Å²) in [4.78, 5) is 2.23. The Morgan fingerprint density at radius 1 is 0.850 bits per heavy atom. The lowest BCUT2D eigenvalue weighted by Crippen LogP contribution is -2.19. The molecule has 0 aromatic heterocycles. The second kappa shape index (κ2) is 6.58. The minimum Gasteiger partial charge on any atom is -0.378 e. The third kappa shape index (κ3) is 3.40. The molecule has 0 saturated carbocycles. The van der Waals surface area contributed by atoms with Gasteiger partial charge in [-0.05, 0) is 45.1 Å². The van der Waals surface area contributed by atoms with E-state index >= 15 is 0 Å². The zero-order valence-corrected chi connectivity index (χ0v) is 12.8. The van der Waals surface area contributed by atoms with Crippen LogP contribution in [0.1, 0.15) is 37.1 Å². The van der Waals surface area contributed by atoms with Crippen LogP contribution >= 0.6 is 0 Å². The Morgan fingerprint density at radius 2 is 1.45 bits per heavy atom. The van der Waals surface area contributed by atoms with Crippen LogP contribution in [0, 0.1) is 0 Å². The molecule has 2 atom stereocenters. The van der Waals surface area contributed by atoms with E-state index in [1.165, 1.54) is 16.8 Å². The molecule has 0 amide bonds. The Balaban J connectivity index is 2.21. The quantitative estimate of drug-likeness (QED) is 0.860. The van der Waals surface area contributed by atoms with Crippen molar-refractivity contribution >= 4 is 5.69 Å². The smallest absolute Gasteiger partial charge is 0.0485 e. The lowest BCUT2D eigenvalue weighted by molar-refractivity contribution is 0.321. The summed E-state index contributed by atoms with van der Waals surface area (Å²) in [7, 11) is 4.23. The number of hydrogen-bond donors (Lipinski definition) is 1. The molecular formula is C18H24N2. The van der Waals surface area contributed by atoms with Crippen LogP contribution in [0.2, 0.25) is 0 Å². The number of benzene rings is 2. The summed E-state index contributed by atoms with van der Waals surface area (Å²) in [5, 5.41) is 3.64. The molecule has 2 rings (SSSR count). The maximum Gasteiger partial charge on any atom is 0.0485 e. The van der Waals surface area contributed by atoms with Crippen molar-refractivity contribution in [2.75, 3.05) is 19.4 Å². The Bertz CT molecular complexity index is 534. The largest absolute Gasteiger partial charge is 0.378 e. The summed E-state index contributed by atoms with van der Waals surface area (Å²) in [5.74, 6) is 0. The van der Waals surface area contributed by atoms with Crippen LogP contribution in [-0.2, 0) is 0 Å². The number of rotatable bonds is 5. The number of nitrogens with zero attached hydrogens (tertiary/aromatic N) is 1. The average molecular weight is 268 g/mol. The van der Waals surface area contributed by atoms with E-state index in [1.54, 1.807) is 0 Å². The van der Waals surface area contributed by atoms with E-state index in [0.717, 1.165) is 0 Å². The minimum atomic E-state index is 0.298. The van der Waals surface area contributed by atoms with Gasteiger partial charge in [-0.15, -0.1) is 0 Å². The molecule has 0 saturated heterocycles. The van der Waals surface area contributed by atoms with Crippen LogP contribution in [0.3, 0.4) is 0 Å². The average Bonchev–Trinajstić information content (AvgIpc) is 2.48. The van der Waals surface area contributed by atoms with Gasteiger partial charge < -0.3 is 10.2 Å². The molecule has 106 valence electrons. The second-order valence-electron chi connectivity index (χ2n) is 5.50. The lowest BCUT2D eigenvalue weighted by atomic mass is 10.0. The van der Waals surface area contributed by atoms with Crippen molar-refractivity contribution in [3.63, 3.8) is 0 Å². The van der Waals surface area contributed by atoms with E-state index < -0.39 is 0 Å². The molecule has 20 heavy (non-hydrogen) atoms. The van der Waals surface area contributed by atoms with Crippen molar-refractivity contribution in [1.29, 1.82) is 0 Å². The second-order valence-corrected chi connectivity index (χ2v) is 5.50. The molecule has 0 fully saturated rings. The number of anilines is 1. The highest BCUT2D eigenvalue weighted by atomic mass is 15.1. The zero-order chi connectivity index (χ0) is 14.5. The van der Waals surface area contributed by atoms with Crippen LogP contribution in [0.25, 0.3) is 0 Å². The summed E-state index contributed by atoms with van der Waals surface area (Å²) < 4.78 is 0. The summed E-state index contributed by atoms with van der Waals surface area (Å²) in [5.41, 5.74) is 3.85. The maximum atomic E-state index is 3.64. The van der Waals surface area contributed by atoms with Crippen LogP contribution in [0.4, 0.5) is 5.69 Å². The highest BCUT2D eigenvalue weighted by Crippen LogP contribution is 2.28. The fourth-order valence-electron chi connectivity index (χ4n) is 2.33. The summed E-state index contributed by atoms with van der Waals surface area (Å²) in [6.07, 6.45) is 0. The van der Waals surface area contributed by atoms with Gasteiger partial charge in [0.1, 0.15) is 0 Å². The molecule has 2 aromatic rings. The first-order valence-electron chi connectivity index (χ1n) is 7.16. The van der Waals surface area contributed by atoms with E-state index in [1.807, 2.05) is 0 Å². The van der Waals surface area contributed by atoms with Crippen molar-refractivity contribution < 1.29 is 0 Å². The standard InChI is InChI=1S/C18H24N2/c1-14(16-10-6-5-7-11-16)19-18-13-9-8-12-17(18)15(2)20(3)4/h5-15,19H,1-4H3/t14-,15-/m1/s1. The topological polar surface area (TPSA) is 15.3 Å². The van der Waals surface area contributed by atoms with E-state index in [0.29, 0.717) is 12.1 Å². The summed E-state index contributed by atoms with van der Waals surface area (Å²) >= 11 is 0. The molecule has 0 spiro atoms. The minimum absolute atomic E-state index is 0.298. The third-order valence-corrected chi connectivity index (χ3v) is 3.86. The van der Waals surface area contributed by atoms with Gasteiger partial charge in [-0.25, -0.2) is 0 Å². The molecular weight excluding hydrogens is 244 g/mol. The molecule has 0 heterocycles. The molecule has 2 heteroatoms. The van der Waals surface area contributed by atoms with Gasteiger partial charge in [-0.1, -0.05) is 48.5 Å². The Kier molecular flexibility index (Phi) is 4.80. The first kappa shape index (κ1) is 14.6. The summed E-state index contributed by atoms with van der Waals surface area (Å²) in [6.45, 7) is 4.43. The van der Waals surface area contributed by atoms with Crippen molar-refractivity contribution in [3.8, 4) is 0 Å². The van der Waals surface area contributed by atoms with E-state index in [2.05, 4.69) is 92.8 Å². The van der Waals surface area contributed by atoms with E-state index in [9.17, 15) is 0 Å². The van der Waals surface area contributed by atoms with Crippen molar-refractivity contribution in [2.24, 2.45) is 0 Å². The third-order valence-electron chi connectivity index (χ3n) is 3.86. The fourth-order valence-corrected chi connectivity index (χ4v) is 2.33. The maximum absolute atomic E-state index is 3.64. The molecule has 0 bridgehead atoms. The molecule has 0 unspecified atom stereocenters. The molecule has 0 aliphatic carbocycles. The van der Waals surface area contributed by atoms with Crippen LogP contribution < -0.4 is 5.32 Å². The Hall–Kier alpha value is -1.80. The molecule has 0 aliphatic rings. The van der Waals surface area contributed by atoms with Crippen molar-refractivity contribution in [1.82, 2.24) is 4.90 Å². The van der Waals surface area contributed by atoms with Gasteiger partial charge >= 0.3 is 0 Å². The molecule has 2 nitrogen and oxygen atoms in total. The van der Waals surface area contributed by atoms with Crippen LogP contribution in [-0.4, -0.2) is 19.0 Å². The highest BCUT2D eigenvalue weighted by Gasteiger charge is 2.13. The number of nitrogens with one attached hydrogen (secondary N) is 1. The fraction of sp³-hybridized carbons (Fsp3) is 0.333. The predicted octanol–water partition coefficient (Wildman–Crippen LogP) is 4.48.